The first-order valence-electron chi connectivity index (χ1n) is 5.87. The van der Waals surface area contributed by atoms with Gasteiger partial charge in [-0.1, -0.05) is 12.1 Å². The first kappa shape index (κ1) is 12.9. The van der Waals surface area contributed by atoms with E-state index in [2.05, 4.69) is 10.3 Å². The number of hydrogen-bond acceptors (Lipinski definition) is 4. The van der Waals surface area contributed by atoms with Gasteiger partial charge in [0.25, 0.3) is 5.91 Å². The maximum absolute atomic E-state index is 12.1. The van der Waals surface area contributed by atoms with Crippen LogP contribution in [-0.2, 0) is 0 Å². The number of carbonyl (C=O) groups excluding carboxylic acids is 1. The van der Waals surface area contributed by atoms with Crippen molar-refractivity contribution in [2.24, 2.45) is 0 Å². The minimum atomic E-state index is -0.207. The average Bonchev–Trinajstić information content (AvgIpc) is 2.39. The monoisotopic (exact) mass is 256 g/mol. The molecule has 0 bridgehead atoms. The van der Waals surface area contributed by atoms with E-state index in [0.717, 1.165) is 11.4 Å². The summed E-state index contributed by atoms with van der Waals surface area (Å²) in [5.41, 5.74) is 7.67. The fraction of sp³-hybridized carbons (Fsp3) is 0.143. The Hall–Kier alpha value is -2.56. The molecule has 0 aliphatic carbocycles. The van der Waals surface area contributed by atoms with E-state index in [9.17, 15) is 4.79 Å². The molecule has 0 saturated heterocycles. The molecule has 1 amide bonds. The van der Waals surface area contributed by atoms with E-state index in [4.69, 9.17) is 5.73 Å². The van der Waals surface area contributed by atoms with Gasteiger partial charge in [0, 0.05) is 20.3 Å². The molecule has 0 atom stereocenters. The van der Waals surface area contributed by atoms with Gasteiger partial charge in [0.15, 0.2) is 0 Å². The molecule has 1 aromatic heterocycles. The lowest BCUT2D eigenvalue weighted by Crippen LogP contribution is -2.16. The number of aromatic nitrogens is 1. The van der Waals surface area contributed by atoms with E-state index in [-0.39, 0.29) is 5.91 Å². The fourth-order valence-electron chi connectivity index (χ4n) is 1.70. The van der Waals surface area contributed by atoms with Crippen LogP contribution in [0.5, 0.6) is 0 Å². The summed E-state index contributed by atoms with van der Waals surface area (Å²) in [6.07, 6.45) is 1.46. The fourth-order valence-corrected chi connectivity index (χ4v) is 1.70. The highest BCUT2D eigenvalue weighted by molar-refractivity contribution is 6.05. The normalized spacial score (nSPS) is 10.0. The highest BCUT2D eigenvalue weighted by Gasteiger charge is 2.10. The number of nitrogen functional groups attached to an aromatic ring is 1. The quantitative estimate of drug-likeness (QED) is 0.881. The van der Waals surface area contributed by atoms with Crippen molar-refractivity contribution in [3.63, 3.8) is 0 Å². The van der Waals surface area contributed by atoms with Crippen molar-refractivity contribution >= 4 is 23.1 Å². The van der Waals surface area contributed by atoms with Crippen LogP contribution in [0.3, 0.4) is 0 Å². The number of rotatable bonds is 3. The van der Waals surface area contributed by atoms with Crippen LogP contribution in [0.2, 0.25) is 0 Å². The minimum absolute atomic E-state index is 0.207. The Bertz CT molecular complexity index is 578. The lowest BCUT2D eigenvalue weighted by Gasteiger charge is -2.17. The molecule has 1 aromatic carbocycles. The number of nitrogens with two attached hydrogens (primary N) is 1. The van der Waals surface area contributed by atoms with Crippen molar-refractivity contribution in [3.05, 3.63) is 48.2 Å². The number of benzene rings is 1. The molecule has 1 heterocycles. The van der Waals surface area contributed by atoms with Crippen LogP contribution in [0.1, 0.15) is 10.4 Å². The van der Waals surface area contributed by atoms with Gasteiger partial charge in [-0.3, -0.25) is 4.79 Å². The Labute approximate surface area is 112 Å². The Morgan fingerprint density at radius 2 is 1.95 bits per heavy atom. The Morgan fingerprint density at radius 1 is 1.21 bits per heavy atom. The SMILES string of the molecule is CN(C)c1ccccc1NC(=O)c1ccc(N)nc1. The molecule has 19 heavy (non-hydrogen) atoms. The minimum Gasteiger partial charge on any atom is -0.384 e. The predicted molar refractivity (Wildman–Crippen MR) is 77.4 cm³/mol. The van der Waals surface area contributed by atoms with Gasteiger partial charge in [-0.05, 0) is 24.3 Å². The number of anilines is 3. The summed E-state index contributed by atoms with van der Waals surface area (Å²) in [6, 6.07) is 10.9. The smallest absolute Gasteiger partial charge is 0.257 e. The average molecular weight is 256 g/mol. The molecule has 3 N–H and O–H groups in total. The van der Waals surface area contributed by atoms with Crippen molar-refractivity contribution in [2.45, 2.75) is 0 Å². The van der Waals surface area contributed by atoms with Crippen molar-refractivity contribution in [2.75, 3.05) is 30.0 Å². The lowest BCUT2D eigenvalue weighted by atomic mass is 10.2. The summed E-state index contributed by atoms with van der Waals surface area (Å²) < 4.78 is 0. The second-order valence-electron chi connectivity index (χ2n) is 4.34. The Kier molecular flexibility index (Phi) is 3.66. The number of nitrogens with zero attached hydrogens (tertiary/aromatic N) is 2. The van der Waals surface area contributed by atoms with Crippen molar-refractivity contribution in [1.82, 2.24) is 4.98 Å². The van der Waals surface area contributed by atoms with Crippen LogP contribution in [0.25, 0.3) is 0 Å². The Morgan fingerprint density at radius 3 is 2.58 bits per heavy atom. The maximum Gasteiger partial charge on any atom is 0.257 e. The topological polar surface area (TPSA) is 71.2 Å². The van der Waals surface area contributed by atoms with E-state index in [1.165, 1.54) is 6.20 Å². The van der Waals surface area contributed by atoms with Gasteiger partial charge >= 0.3 is 0 Å². The first-order valence-corrected chi connectivity index (χ1v) is 5.87. The third-order valence-corrected chi connectivity index (χ3v) is 2.68. The number of carbonyl (C=O) groups is 1. The molecule has 0 saturated carbocycles. The van der Waals surface area contributed by atoms with E-state index < -0.39 is 0 Å². The zero-order valence-corrected chi connectivity index (χ0v) is 10.9. The molecule has 98 valence electrons. The number of hydrogen-bond donors (Lipinski definition) is 2. The van der Waals surface area contributed by atoms with Gasteiger partial charge in [0.05, 0.1) is 16.9 Å². The highest BCUT2D eigenvalue weighted by Crippen LogP contribution is 2.23. The number of nitrogens with one attached hydrogen (secondary N) is 1. The molecular weight excluding hydrogens is 240 g/mol. The van der Waals surface area contributed by atoms with Gasteiger partial charge in [-0.2, -0.15) is 0 Å². The van der Waals surface area contributed by atoms with Gasteiger partial charge in [-0.15, -0.1) is 0 Å². The maximum atomic E-state index is 12.1. The van der Waals surface area contributed by atoms with Crippen LogP contribution in [0, 0.1) is 0 Å². The summed E-state index contributed by atoms with van der Waals surface area (Å²) in [7, 11) is 3.85. The number of amides is 1. The van der Waals surface area contributed by atoms with E-state index in [0.29, 0.717) is 11.4 Å². The molecule has 0 aliphatic heterocycles. The summed E-state index contributed by atoms with van der Waals surface area (Å²) in [5.74, 6) is 0.187. The van der Waals surface area contributed by atoms with Gasteiger partial charge < -0.3 is 16.0 Å². The largest absolute Gasteiger partial charge is 0.384 e. The molecule has 0 radical (unpaired) electrons. The summed E-state index contributed by atoms with van der Waals surface area (Å²) in [5, 5.41) is 2.87. The third kappa shape index (κ3) is 3.01. The van der Waals surface area contributed by atoms with Crippen molar-refractivity contribution < 1.29 is 4.79 Å². The first-order chi connectivity index (χ1) is 9.08. The zero-order chi connectivity index (χ0) is 13.8. The third-order valence-electron chi connectivity index (χ3n) is 2.68. The lowest BCUT2D eigenvalue weighted by molar-refractivity contribution is 0.102. The number of para-hydroxylation sites is 2. The second-order valence-corrected chi connectivity index (χ2v) is 4.34. The number of pyridine rings is 1. The van der Waals surface area contributed by atoms with Crippen molar-refractivity contribution in [1.29, 1.82) is 0 Å². The van der Waals surface area contributed by atoms with Crippen LogP contribution >= 0.6 is 0 Å². The molecule has 2 rings (SSSR count). The Balaban J connectivity index is 2.22. The molecule has 0 fully saturated rings. The van der Waals surface area contributed by atoms with E-state index in [1.807, 2.05) is 43.3 Å². The standard InChI is InChI=1S/C14H16N4O/c1-18(2)12-6-4-3-5-11(12)17-14(19)10-7-8-13(15)16-9-10/h3-9H,1-2H3,(H2,15,16)(H,17,19). The molecule has 0 aliphatic rings. The summed E-state index contributed by atoms with van der Waals surface area (Å²) in [6.45, 7) is 0. The van der Waals surface area contributed by atoms with E-state index >= 15 is 0 Å². The van der Waals surface area contributed by atoms with Crippen molar-refractivity contribution in [3.8, 4) is 0 Å². The molecule has 5 heteroatoms. The summed E-state index contributed by atoms with van der Waals surface area (Å²) in [4.78, 5) is 17.9. The van der Waals surface area contributed by atoms with Gasteiger partial charge in [0.1, 0.15) is 5.82 Å². The molecule has 2 aromatic rings. The molecule has 0 spiro atoms. The van der Waals surface area contributed by atoms with Crippen LogP contribution < -0.4 is 16.0 Å². The second kappa shape index (κ2) is 5.39. The summed E-state index contributed by atoms with van der Waals surface area (Å²) >= 11 is 0. The van der Waals surface area contributed by atoms with E-state index in [1.54, 1.807) is 12.1 Å². The van der Waals surface area contributed by atoms with Gasteiger partial charge in [0.2, 0.25) is 0 Å². The van der Waals surface area contributed by atoms with Gasteiger partial charge in [-0.25, -0.2) is 4.98 Å². The molecular formula is C14H16N4O. The molecule has 0 unspecified atom stereocenters. The molecule has 5 nitrogen and oxygen atoms in total. The van der Waals surface area contributed by atoms with Crippen LogP contribution in [0.4, 0.5) is 17.2 Å². The van der Waals surface area contributed by atoms with Crippen LogP contribution in [-0.4, -0.2) is 25.0 Å². The highest BCUT2D eigenvalue weighted by atomic mass is 16.1. The zero-order valence-electron chi connectivity index (χ0n) is 10.9. The van der Waals surface area contributed by atoms with Crippen LogP contribution in [0.15, 0.2) is 42.6 Å². The predicted octanol–water partition coefficient (Wildman–Crippen LogP) is 1.98.